The number of rotatable bonds is 2. The van der Waals surface area contributed by atoms with Crippen molar-refractivity contribution in [1.82, 2.24) is 9.78 Å². The summed E-state index contributed by atoms with van der Waals surface area (Å²) in [5.41, 5.74) is 0.399. The summed E-state index contributed by atoms with van der Waals surface area (Å²) in [6.07, 6.45) is 4.96. The van der Waals surface area contributed by atoms with E-state index in [9.17, 15) is 0 Å². The Kier molecular flexibility index (Phi) is 2.35. The van der Waals surface area contributed by atoms with Crippen LogP contribution < -0.4 is 5.46 Å². The van der Waals surface area contributed by atoms with Crippen molar-refractivity contribution in [1.29, 1.82) is 0 Å². The first-order valence-corrected chi connectivity index (χ1v) is 4.29. The molecule has 1 aromatic heterocycles. The predicted molar refractivity (Wildman–Crippen MR) is 46.3 cm³/mol. The molecule has 1 fully saturated rings. The summed E-state index contributed by atoms with van der Waals surface area (Å²) >= 11 is 0. The van der Waals surface area contributed by atoms with E-state index in [1.807, 2.05) is 0 Å². The Bertz CT molecular complexity index is 283. The zero-order chi connectivity index (χ0) is 9.26. The quantitative estimate of drug-likeness (QED) is 0.568. The van der Waals surface area contributed by atoms with Gasteiger partial charge in [-0.05, 0) is 12.8 Å². The summed E-state index contributed by atoms with van der Waals surface area (Å²) in [6.45, 7) is 0.752. The third-order valence-electron chi connectivity index (χ3n) is 2.12. The highest BCUT2D eigenvalue weighted by molar-refractivity contribution is 6.58. The molecule has 1 saturated heterocycles. The lowest BCUT2D eigenvalue weighted by molar-refractivity contribution is 0.0468. The summed E-state index contributed by atoms with van der Waals surface area (Å²) in [5.74, 6) is 0. The minimum absolute atomic E-state index is 0.0347. The zero-order valence-electron chi connectivity index (χ0n) is 7.13. The summed E-state index contributed by atoms with van der Waals surface area (Å²) in [4.78, 5) is 0. The van der Waals surface area contributed by atoms with Crippen LogP contribution in [0.4, 0.5) is 0 Å². The van der Waals surface area contributed by atoms with Crippen LogP contribution in [0.2, 0.25) is 0 Å². The minimum atomic E-state index is -1.45. The SMILES string of the molecule is OB(O)c1cnn(C2CCCO2)c1. The summed E-state index contributed by atoms with van der Waals surface area (Å²) < 4.78 is 7.00. The van der Waals surface area contributed by atoms with Gasteiger partial charge in [-0.15, -0.1) is 0 Å². The molecule has 13 heavy (non-hydrogen) atoms. The van der Waals surface area contributed by atoms with Crippen molar-refractivity contribution in [3.05, 3.63) is 12.4 Å². The molecule has 1 unspecified atom stereocenters. The standard InChI is InChI=1S/C7H11BN2O3/c11-8(12)6-4-9-10(5-6)7-2-1-3-13-7/h4-5,7,11-12H,1-3H2. The molecule has 1 atom stereocenters. The molecule has 70 valence electrons. The predicted octanol–water partition coefficient (Wildman–Crippen LogP) is -1.13. The lowest BCUT2D eigenvalue weighted by Crippen LogP contribution is -2.28. The first-order chi connectivity index (χ1) is 6.27. The second-order valence-electron chi connectivity index (χ2n) is 3.10. The van der Waals surface area contributed by atoms with Gasteiger partial charge in [0.15, 0.2) is 0 Å². The van der Waals surface area contributed by atoms with Crippen molar-refractivity contribution < 1.29 is 14.8 Å². The third kappa shape index (κ3) is 1.74. The van der Waals surface area contributed by atoms with Crippen LogP contribution >= 0.6 is 0 Å². The van der Waals surface area contributed by atoms with E-state index in [0.29, 0.717) is 5.46 Å². The second-order valence-corrected chi connectivity index (χ2v) is 3.10. The van der Waals surface area contributed by atoms with Crippen molar-refractivity contribution in [2.45, 2.75) is 19.1 Å². The van der Waals surface area contributed by atoms with Crippen molar-refractivity contribution in [3.8, 4) is 0 Å². The fraction of sp³-hybridized carbons (Fsp3) is 0.571. The van der Waals surface area contributed by atoms with Crippen LogP contribution in [0.15, 0.2) is 12.4 Å². The van der Waals surface area contributed by atoms with Crippen molar-refractivity contribution in [2.24, 2.45) is 0 Å². The largest absolute Gasteiger partial charge is 0.491 e. The molecule has 2 rings (SSSR count). The summed E-state index contributed by atoms with van der Waals surface area (Å²) in [6, 6.07) is 0. The van der Waals surface area contributed by atoms with E-state index in [1.54, 1.807) is 10.9 Å². The maximum absolute atomic E-state index is 8.84. The lowest BCUT2D eigenvalue weighted by atomic mass is 9.83. The van der Waals surface area contributed by atoms with E-state index >= 15 is 0 Å². The molecule has 0 spiro atoms. The lowest BCUT2D eigenvalue weighted by Gasteiger charge is -2.08. The van der Waals surface area contributed by atoms with Crippen molar-refractivity contribution in [2.75, 3.05) is 6.61 Å². The monoisotopic (exact) mass is 182 g/mol. The van der Waals surface area contributed by atoms with Crippen LogP contribution in [-0.4, -0.2) is 33.6 Å². The van der Waals surface area contributed by atoms with E-state index < -0.39 is 7.12 Å². The fourth-order valence-electron chi connectivity index (χ4n) is 1.41. The Morgan fingerprint density at radius 3 is 3.00 bits per heavy atom. The molecule has 0 aromatic carbocycles. The van der Waals surface area contributed by atoms with E-state index in [2.05, 4.69) is 5.10 Å². The Morgan fingerprint density at radius 1 is 1.62 bits per heavy atom. The number of hydrogen-bond acceptors (Lipinski definition) is 4. The number of hydrogen-bond donors (Lipinski definition) is 2. The molecule has 2 heterocycles. The average molecular weight is 182 g/mol. The molecule has 6 heteroatoms. The fourth-order valence-corrected chi connectivity index (χ4v) is 1.41. The van der Waals surface area contributed by atoms with Gasteiger partial charge in [-0.3, -0.25) is 0 Å². The van der Waals surface area contributed by atoms with Crippen LogP contribution in [0.25, 0.3) is 0 Å². The van der Waals surface area contributed by atoms with Gasteiger partial charge in [-0.25, -0.2) is 4.68 Å². The first-order valence-electron chi connectivity index (χ1n) is 4.29. The van der Waals surface area contributed by atoms with Crippen LogP contribution in [0.3, 0.4) is 0 Å². The number of nitrogens with zero attached hydrogens (tertiary/aromatic N) is 2. The highest BCUT2D eigenvalue weighted by atomic mass is 16.5. The van der Waals surface area contributed by atoms with E-state index in [1.165, 1.54) is 6.20 Å². The molecular weight excluding hydrogens is 171 g/mol. The van der Waals surface area contributed by atoms with Gasteiger partial charge >= 0.3 is 7.12 Å². The smallest absolute Gasteiger partial charge is 0.423 e. The molecule has 0 saturated carbocycles. The summed E-state index contributed by atoms with van der Waals surface area (Å²) in [5, 5.41) is 21.7. The van der Waals surface area contributed by atoms with E-state index in [4.69, 9.17) is 14.8 Å². The first kappa shape index (κ1) is 8.74. The van der Waals surface area contributed by atoms with Gasteiger partial charge in [0.1, 0.15) is 6.23 Å². The maximum atomic E-state index is 8.84. The second kappa shape index (κ2) is 3.49. The van der Waals surface area contributed by atoms with Crippen molar-refractivity contribution in [3.63, 3.8) is 0 Å². The molecular formula is C7H11BN2O3. The molecule has 0 bridgehead atoms. The maximum Gasteiger partial charge on any atom is 0.491 e. The van der Waals surface area contributed by atoms with Gasteiger partial charge in [-0.1, -0.05) is 0 Å². The van der Waals surface area contributed by atoms with Gasteiger partial charge in [0, 0.05) is 24.5 Å². The topological polar surface area (TPSA) is 67.5 Å². The molecule has 5 nitrogen and oxygen atoms in total. The van der Waals surface area contributed by atoms with E-state index in [-0.39, 0.29) is 6.23 Å². The molecule has 0 radical (unpaired) electrons. The van der Waals surface area contributed by atoms with Crippen LogP contribution in [0.5, 0.6) is 0 Å². The minimum Gasteiger partial charge on any atom is -0.423 e. The number of aromatic nitrogens is 2. The van der Waals surface area contributed by atoms with Crippen molar-refractivity contribution >= 4 is 12.6 Å². The Balaban J connectivity index is 2.12. The normalized spacial score (nSPS) is 22.2. The Morgan fingerprint density at radius 2 is 2.46 bits per heavy atom. The zero-order valence-corrected chi connectivity index (χ0v) is 7.13. The molecule has 2 N–H and O–H groups in total. The van der Waals surface area contributed by atoms with Crippen LogP contribution in [0, 0.1) is 0 Å². The third-order valence-corrected chi connectivity index (χ3v) is 2.12. The van der Waals surface area contributed by atoms with Gasteiger partial charge in [0.25, 0.3) is 0 Å². The van der Waals surface area contributed by atoms with Crippen LogP contribution in [-0.2, 0) is 4.74 Å². The molecule has 1 aliphatic rings. The highest BCUT2D eigenvalue weighted by Crippen LogP contribution is 2.20. The summed E-state index contributed by atoms with van der Waals surface area (Å²) in [7, 11) is -1.45. The van der Waals surface area contributed by atoms with E-state index in [0.717, 1.165) is 19.4 Å². The van der Waals surface area contributed by atoms with Crippen LogP contribution in [0.1, 0.15) is 19.1 Å². The Hall–Kier alpha value is -0.845. The number of ether oxygens (including phenoxy) is 1. The average Bonchev–Trinajstić information content (AvgIpc) is 2.75. The van der Waals surface area contributed by atoms with Gasteiger partial charge in [-0.2, -0.15) is 5.10 Å². The molecule has 0 aliphatic carbocycles. The van der Waals surface area contributed by atoms with Gasteiger partial charge < -0.3 is 14.8 Å². The Labute approximate surface area is 76.1 Å². The molecule has 1 aromatic rings. The molecule has 1 aliphatic heterocycles. The highest BCUT2D eigenvalue weighted by Gasteiger charge is 2.20. The van der Waals surface area contributed by atoms with Gasteiger partial charge in [0.2, 0.25) is 0 Å². The molecule has 0 amide bonds. The van der Waals surface area contributed by atoms with Gasteiger partial charge in [0.05, 0.1) is 0 Å².